The molecule has 3 rings (SSSR count). The first-order chi connectivity index (χ1) is 8.43. The lowest BCUT2D eigenvalue weighted by molar-refractivity contribution is 0.950. The van der Waals surface area contributed by atoms with Gasteiger partial charge in [0.2, 0.25) is 5.95 Å². The predicted molar refractivity (Wildman–Crippen MR) is 66.7 cm³/mol. The summed E-state index contributed by atoms with van der Waals surface area (Å²) in [6.45, 7) is 1.83. The van der Waals surface area contributed by atoms with Crippen molar-refractivity contribution in [2.75, 3.05) is 22.7 Å². The van der Waals surface area contributed by atoms with Gasteiger partial charge in [0.05, 0.1) is 0 Å². The smallest absolute Gasteiger partial charge is 0.394 e. The van der Waals surface area contributed by atoms with E-state index in [9.17, 15) is 0 Å². The van der Waals surface area contributed by atoms with E-state index < -0.39 is 0 Å². The second-order valence-corrected chi connectivity index (χ2v) is 3.78. The van der Waals surface area contributed by atoms with Gasteiger partial charge in [0, 0.05) is 18.8 Å². The van der Waals surface area contributed by atoms with Crippen LogP contribution in [0.3, 0.4) is 0 Å². The van der Waals surface area contributed by atoms with Gasteiger partial charge in [0.15, 0.2) is 0 Å². The van der Waals surface area contributed by atoms with Crippen LogP contribution in [0, 0.1) is 0 Å². The van der Waals surface area contributed by atoms with Gasteiger partial charge in [-0.1, -0.05) is 18.2 Å². The molecule has 0 spiro atoms. The first-order valence-corrected chi connectivity index (χ1v) is 5.49. The van der Waals surface area contributed by atoms with Crippen LogP contribution in [0.2, 0.25) is 0 Å². The standard InChI is InChI=1S/C11H11BN5/c1-2-4-10(5-3-1)16-6-7-17(12-16)11-14-8-13-9-15-11/h1-5,8-9H,6-7H2. The van der Waals surface area contributed by atoms with Crippen molar-refractivity contribution in [3.05, 3.63) is 43.0 Å². The highest BCUT2D eigenvalue weighted by molar-refractivity contribution is 6.47. The number of nitrogens with zero attached hydrogens (tertiary/aromatic N) is 5. The molecule has 1 aromatic carbocycles. The average molecular weight is 224 g/mol. The second-order valence-electron chi connectivity index (χ2n) is 3.78. The molecule has 0 saturated carbocycles. The summed E-state index contributed by atoms with van der Waals surface area (Å²) in [5.41, 5.74) is 1.18. The van der Waals surface area contributed by atoms with Gasteiger partial charge >= 0.3 is 7.55 Å². The van der Waals surface area contributed by atoms with Crippen LogP contribution in [0.15, 0.2) is 43.0 Å². The van der Waals surface area contributed by atoms with E-state index in [1.54, 1.807) is 0 Å². The Labute approximate surface area is 100 Å². The van der Waals surface area contributed by atoms with Gasteiger partial charge in [-0.2, -0.15) is 0 Å². The molecular weight excluding hydrogens is 213 g/mol. The van der Waals surface area contributed by atoms with Crippen LogP contribution in [-0.4, -0.2) is 35.6 Å². The van der Waals surface area contributed by atoms with Gasteiger partial charge in [-0.15, -0.1) is 0 Å². The summed E-state index contributed by atoms with van der Waals surface area (Å²) >= 11 is 0. The van der Waals surface area contributed by atoms with Crippen LogP contribution < -0.4 is 9.62 Å². The highest BCUT2D eigenvalue weighted by Gasteiger charge is 2.24. The number of hydrogen-bond donors (Lipinski definition) is 0. The molecule has 2 aromatic rings. The Hall–Kier alpha value is -2.11. The zero-order valence-electron chi connectivity index (χ0n) is 9.27. The molecule has 0 aliphatic carbocycles. The van der Waals surface area contributed by atoms with Crippen molar-refractivity contribution in [2.45, 2.75) is 0 Å². The fourth-order valence-electron chi connectivity index (χ4n) is 1.85. The normalized spacial score (nSPS) is 14.8. The van der Waals surface area contributed by atoms with E-state index in [2.05, 4.69) is 31.9 Å². The second kappa shape index (κ2) is 4.41. The molecule has 17 heavy (non-hydrogen) atoms. The molecule has 0 bridgehead atoms. The van der Waals surface area contributed by atoms with E-state index in [1.807, 2.05) is 30.6 Å². The van der Waals surface area contributed by atoms with Crippen molar-refractivity contribution >= 4 is 19.2 Å². The minimum absolute atomic E-state index is 0.693. The lowest BCUT2D eigenvalue weighted by Crippen LogP contribution is -2.30. The van der Waals surface area contributed by atoms with Gasteiger partial charge < -0.3 is 9.62 Å². The van der Waals surface area contributed by atoms with Gasteiger partial charge in [0.1, 0.15) is 12.7 Å². The van der Waals surface area contributed by atoms with E-state index >= 15 is 0 Å². The molecule has 1 fully saturated rings. The van der Waals surface area contributed by atoms with Gasteiger partial charge in [-0.05, 0) is 12.1 Å². The van der Waals surface area contributed by atoms with Crippen molar-refractivity contribution in [2.24, 2.45) is 0 Å². The maximum atomic E-state index is 4.13. The first kappa shape index (κ1) is 10.1. The Kier molecular flexibility index (Phi) is 2.61. The summed E-state index contributed by atoms with van der Waals surface area (Å²) in [7, 11) is 2.03. The van der Waals surface area contributed by atoms with Crippen molar-refractivity contribution in [1.29, 1.82) is 0 Å². The minimum Gasteiger partial charge on any atom is -0.397 e. The number of para-hydroxylation sites is 1. The monoisotopic (exact) mass is 224 g/mol. The summed E-state index contributed by atoms with van der Waals surface area (Å²) in [5, 5.41) is 0. The van der Waals surface area contributed by atoms with E-state index in [-0.39, 0.29) is 0 Å². The van der Waals surface area contributed by atoms with Crippen LogP contribution in [0.4, 0.5) is 11.6 Å². The number of rotatable bonds is 2. The van der Waals surface area contributed by atoms with Crippen LogP contribution in [-0.2, 0) is 0 Å². The van der Waals surface area contributed by atoms with Crippen molar-refractivity contribution < 1.29 is 0 Å². The molecule has 0 N–H and O–H groups in total. The molecule has 1 aliphatic rings. The Balaban J connectivity index is 1.75. The number of hydrogen-bond acceptors (Lipinski definition) is 5. The fraction of sp³-hybridized carbons (Fsp3) is 0.182. The first-order valence-electron chi connectivity index (χ1n) is 5.49. The van der Waals surface area contributed by atoms with Crippen molar-refractivity contribution in [1.82, 2.24) is 15.0 Å². The molecule has 0 unspecified atom stereocenters. The number of benzene rings is 1. The van der Waals surface area contributed by atoms with E-state index in [0.29, 0.717) is 5.95 Å². The molecule has 0 atom stereocenters. The molecule has 1 aliphatic heterocycles. The summed E-state index contributed by atoms with van der Waals surface area (Å²) in [4.78, 5) is 16.3. The van der Waals surface area contributed by atoms with Crippen LogP contribution in [0.25, 0.3) is 0 Å². The topological polar surface area (TPSA) is 45.2 Å². The molecule has 83 valence electrons. The van der Waals surface area contributed by atoms with Crippen molar-refractivity contribution in [3.63, 3.8) is 0 Å². The quantitative estimate of drug-likeness (QED) is 0.703. The third-order valence-corrected chi connectivity index (χ3v) is 2.69. The molecule has 1 radical (unpaired) electrons. The molecule has 6 heteroatoms. The van der Waals surface area contributed by atoms with Gasteiger partial charge in [0.25, 0.3) is 0 Å². The summed E-state index contributed by atoms with van der Waals surface area (Å²) < 4.78 is 0. The SMILES string of the molecule is [B]1N(c2ccccc2)CCN1c1ncncn1. The largest absolute Gasteiger partial charge is 0.397 e. The number of aromatic nitrogens is 3. The molecule has 0 amide bonds. The molecule has 5 nitrogen and oxygen atoms in total. The average Bonchev–Trinajstić information content (AvgIpc) is 2.90. The Morgan fingerprint density at radius 1 is 0.941 bits per heavy atom. The van der Waals surface area contributed by atoms with Crippen LogP contribution >= 0.6 is 0 Å². The Morgan fingerprint density at radius 2 is 1.65 bits per heavy atom. The Bertz CT molecular complexity index is 432. The highest BCUT2D eigenvalue weighted by Crippen LogP contribution is 2.18. The Morgan fingerprint density at radius 3 is 2.41 bits per heavy atom. The summed E-state index contributed by atoms with van der Waals surface area (Å²) in [5.74, 6) is 0.693. The maximum Gasteiger partial charge on any atom is 0.394 e. The molecule has 1 aromatic heterocycles. The minimum atomic E-state index is 0.693. The highest BCUT2D eigenvalue weighted by atomic mass is 15.3. The lowest BCUT2D eigenvalue weighted by atomic mass is 10.1. The zero-order valence-corrected chi connectivity index (χ0v) is 9.27. The lowest BCUT2D eigenvalue weighted by Gasteiger charge is -2.17. The maximum absolute atomic E-state index is 4.13. The zero-order chi connectivity index (χ0) is 11.5. The van der Waals surface area contributed by atoms with E-state index in [4.69, 9.17) is 0 Å². The fourth-order valence-corrected chi connectivity index (χ4v) is 1.85. The molecule has 1 saturated heterocycles. The van der Waals surface area contributed by atoms with Crippen LogP contribution in [0.5, 0.6) is 0 Å². The summed E-state index contributed by atoms with van der Waals surface area (Å²) in [6, 6.07) is 10.3. The van der Waals surface area contributed by atoms with Crippen LogP contribution in [0.1, 0.15) is 0 Å². The van der Waals surface area contributed by atoms with E-state index in [1.165, 1.54) is 18.3 Å². The van der Waals surface area contributed by atoms with E-state index in [0.717, 1.165) is 13.1 Å². The summed E-state index contributed by atoms with van der Waals surface area (Å²) in [6.07, 6.45) is 3.03. The number of anilines is 2. The van der Waals surface area contributed by atoms with Crippen molar-refractivity contribution in [3.8, 4) is 0 Å². The van der Waals surface area contributed by atoms with Gasteiger partial charge in [-0.25, -0.2) is 15.0 Å². The third-order valence-electron chi connectivity index (χ3n) is 2.69. The third kappa shape index (κ3) is 2.06. The molecular formula is C11H11BN5. The predicted octanol–water partition coefficient (Wildman–Crippen LogP) is 0.732. The molecule has 2 heterocycles. The van der Waals surface area contributed by atoms with Gasteiger partial charge in [-0.3, -0.25) is 0 Å².